The van der Waals surface area contributed by atoms with Crippen LogP contribution in [0.15, 0.2) is 0 Å². The van der Waals surface area contributed by atoms with Crippen molar-refractivity contribution in [3.63, 3.8) is 0 Å². The first-order chi connectivity index (χ1) is 9.74. The van der Waals surface area contributed by atoms with Gasteiger partial charge in [0.25, 0.3) is 0 Å². The van der Waals surface area contributed by atoms with Gasteiger partial charge in [-0.25, -0.2) is 17.9 Å². The highest BCUT2D eigenvalue weighted by molar-refractivity contribution is 7.88. The summed E-state index contributed by atoms with van der Waals surface area (Å²) in [4.78, 5) is 14.0. The van der Waals surface area contributed by atoms with Crippen LogP contribution < -0.4 is 10.0 Å². The fraction of sp³-hybridized carbons (Fsp3) is 0.929. The first kappa shape index (κ1) is 16.5. The maximum absolute atomic E-state index is 12.3. The second-order valence-electron chi connectivity index (χ2n) is 6.77. The molecule has 1 aliphatic carbocycles. The Morgan fingerprint density at radius 1 is 1.19 bits per heavy atom. The zero-order valence-electron chi connectivity index (χ0n) is 13.1. The topological polar surface area (TPSA) is 78.5 Å². The van der Waals surface area contributed by atoms with Crippen LogP contribution in [0.3, 0.4) is 0 Å². The van der Waals surface area contributed by atoms with Crippen molar-refractivity contribution >= 4 is 16.1 Å². The van der Waals surface area contributed by atoms with Gasteiger partial charge < -0.3 is 10.2 Å². The van der Waals surface area contributed by atoms with Crippen LogP contribution in [0.5, 0.6) is 0 Å². The van der Waals surface area contributed by atoms with Crippen molar-refractivity contribution < 1.29 is 13.2 Å². The minimum atomic E-state index is -3.21. The minimum absolute atomic E-state index is 0.0563. The van der Waals surface area contributed by atoms with Crippen LogP contribution in [0, 0.1) is 11.8 Å². The summed E-state index contributed by atoms with van der Waals surface area (Å²) in [6.07, 6.45) is 5.18. The van der Waals surface area contributed by atoms with Gasteiger partial charge in [0.05, 0.1) is 6.26 Å². The molecule has 2 N–H and O–H groups in total. The van der Waals surface area contributed by atoms with Crippen LogP contribution in [-0.2, 0) is 10.0 Å². The molecule has 2 rings (SSSR count). The van der Waals surface area contributed by atoms with E-state index in [0.717, 1.165) is 31.4 Å². The van der Waals surface area contributed by atoms with Crippen molar-refractivity contribution in [1.82, 2.24) is 14.9 Å². The van der Waals surface area contributed by atoms with Crippen LogP contribution in [-0.4, -0.2) is 50.8 Å². The summed E-state index contributed by atoms with van der Waals surface area (Å²) in [6, 6.07) is 0.0318. The number of nitrogens with zero attached hydrogens (tertiary/aromatic N) is 1. The molecule has 2 amide bonds. The van der Waals surface area contributed by atoms with Gasteiger partial charge in [0.2, 0.25) is 10.0 Å². The van der Waals surface area contributed by atoms with E-state index in [1.54, 1.807) is 4.90 Å². The molecule has 6 nitrogen and oxygen atoms in total. The quantitative estimate of drug-likeness (QED) is 0.819. The van der Waals surface area contributed by atoms with Gasteiger partial charge in [-0.05, 0) is 37.5 Å². The summed E-state index contributed by atoms with van der Waals surface area (Å²) in [5.74, 6) is 1.24. The predicted molar refractivity (Wildman–Crippen MR) is 82.5 cm³/mol. The average Bonchev–Trinajstić information content (AvgIpc) is 2.78. The van der Waals surface area contributed by atoms with Crippen molar-refractivity contribution in [1.29, 1.82) is 0 Å². The number of hydrogen-bond acceptors (Lipinski definition) is 3. The smallest absolute Gasteiger partial charge is 0.317 e. The van der Waals surface area contributed by atoms with Crippen molar-refractivity contribution in [3.8, 4) is 0 Å². The van der Waals surface area contributed by atoms with E-state index < -0.39 is 10.0 Å². The second kappa shape index (κ2) is 6.52. The molecule has 0 aromatic rings. The molecule has 4 atom stereocenters. The highest BCUT2D eigenvalue weighted by atomic mass is 32.2. The number of amides is 2. The van der Waals surface area contributed by atoms with Crippen LogP contribution in [0.1, 0.15) is 39.5 Å². The fourth-order valence-corrected chi connectivity index (χ4v) is 4.27. The van der Waals surface area contributed by atoms with E-state index in [0.29, 0.717) is 25.4 Å². The third kappa shape index (κ3) is 4.85. The molecule has 1 aliphatic heterocycles. The molecule has 1 saturated carbocycles. The van der Waals surface area contributed by atoms with E-state index in [9.17, 15) is 13.2 Å². The zero-order chi connectivity index (χ0) is 15.6. The Labute approximate surface area is 127 Å². The highest BCUT2D eigenvalue weighted by Gasteiger charge is 2.31. The number of rotatable bonds is 3. The van der Waals surface area contributed by atoms with E-state index in [2.05, 4.69) is 23.9 Å². The molecule has 1 heterocycles. The van der Waals surface area contributed by atoms with E-state index in [1.807, 2.05) is 0 Å². The van der Waals surface area contributed by atoms with Crippen LogP contribution in [0.2, 0.25) is 0 Å². The Kier molecular flexibility index (Phi) is 5.14. The number of sulfonamides is 1. The van der Waals surface area contributed by atoms with Gasteiger partial charge in [-0.2, -0.15) is 0 Å². The van der Waals surface area contributed by atoms with Gasteiger partial charge in [0.1, 0.15) is 0 Å². The lowest BCUT2D eigenvalue weighted by Crippen LogP contribution is -2.48. The molecule has 122 valence electrons. The van der Waals surface area contributed by atoms with E-state index in [4.69, 9.17) is 0 Å². The molecule has 2 fully saturated rings. The third-order valence-corrected chi connectivity index (χ3v) is 5.36. The standard InChI is InChI=1S/C14H27N3O3S/c1-10-4-5-13(11(2)8-10)15-14(18)17-7-6-12(9-17)16-21(3,19)20/h10-13,16H,4-9H2,1-3H3,(H,15,18)/t10-,11-,12-,13+/m1/s1. The Bertz CT molecular complexity index is 480. The largest absolute Gasteiger partial charge is 0.335 e. The molecular weight excluding hydrogens is 290 g/mol. The molecule has 0 spiro atoms. The van der Waals surface area contributed by atoms with Crippen LogP contribution in [0.4, 0.5) is 4.79 Å². The van der Waals surface area contributed by atoms with Crippen molar-refractivity contribution in [2.75, 3.05) is 19.3 Å². The van der Waals surface area contributed by atoms with Gasteiger partial charge in [0.15, 0.2) is 0 Å². The number of urea groups is 1. The third-order valence-electron chi connectivity index (χ3n) is 4.60. The first-order valence-corrected chi connectivity index (χ1v) is 9.66. The monoisotopic (exact) mass is 317 g/mol. The van der Waals surface area contributed by atoms with Crippen LogP contribution in [0.25, 0.3) is 0 Å². The summed E-state index contributed by atoms with van der Waals surface area (Å²) in [7, 11) is -3.21. The van der Waals surface area contributed by atoms with Gasteiger partial charge in [-0.15, -0.1) is 0 Å². The molecule has 0 bridgehead atoms. The predicted octanol–water partition coefficient (Wildman–Crippen LogP) is 1.14. The SMILES string of the molecule is C[C@@H]1CC[C@H](NC(=O)N2CC[C@@H](NS(C)(=O)=O)C2)[C@H](C)C1. The van der Waals surface area contributed by atoms with Crippen molar-refractivity contribution in [2.24, 2.45) is 11.8 Å². The lowest BCUT2D eigenvalue weighted by atomic mass is 9.80. The number of carbonyl (C=O) groups is 1. The van der Waals surface area contributed by atoms with Crippen LogP contribution >= 0.6 is 0 Å². The number of likely N-dealkylation sites (tertiary alicyclic amines) is 1. The number of carbonyl (C=O) groups excluding carboxylic acids is 1. The van der Waals surface area contributed by atoms with Crippen molar-refractivity contribution in [2.45, 2.75) is 51.6 Å². The van der Waals surface area contributed by atoms with Gasteiger partial charge in [-0.3, -0.25) is 0 Å². The van der Waals surface area contributed by atoms with Gasteiger partial charge in [-0.1, -0.05) is 13.8 Å². The average molecular weight is 317 g/mol. The normalized spacial score (nSPS) is 34.0. The van der Waals surface area contributed by atoms with Gasteiger partial charge in [0, 0.05) is 25.2 Å². The summed E-state index contributed by atoms with van der Waals surface area (Å²) in [5.41, 5.74) is 0. The first-order valence-electron chi connectivity index (χ1n) is 7.77. The Hall–Kier alpha value is -0.820. The van der Waals surface area contributed by atoms with E-state index in [1.165, 1.54) is 0 Å². The Balaban J connectivity index is 1.82. The lowest BCUT2D eigenvalue weighted by molar-refractivity contribution is 0.182. The summed E-state index contributed by atoms with van der Waals surface area (Å²) < 4.78 is 25.0. The van der Waals surface area contributed by atoms with Crippen molar-refractivity contribution in [3.05, 3.63) is 0 Å². The van der Waals surface area contributed by atoms with E-state index >= 15 is 0 Å². The molecule has 0 radical (unpaired) electrons. The van der Waals surface area contributed by atoms with E-state index in [-0.39, 0.29) is 18.1 Å². The molecule has 7 heteroatoms. The molecule has 2 aliphatic rings. The molecule has 0 aromatic carbocycles. The fourth-order valence-electron chi connectivity index (χ4n) is 3.47. The lowest BCUT2D eigenvalue weighted by Gasteiger charge is -2.34. The molecule has 0 unspecified atom stereocenters. The highest BCUT2D eigenvalue weighted by Crippen LogP contribution is 2.28. The molecule has 21 heavy (non-hydrogen) atoms. The minimum Gasteiger partial charge on any atom is -0.335 e. The zero-order valence-corrected chi connectivity index (χ0v) is 13.9. The number of hydrogen-bond donors (Lipinski definition) is 2. The Morgan fingerprint density at radius 2 is 1.90 bits per heavy atom. The summed E-state index contributed by atoms with van der Waals surface area (Å²) in [6.45, 7) is 5.52. The van der Waals surface area contributed by atoms with Gasteiger partial charge >= 0.3 is 6.03 Å². The second-order valence-corrected chi connectivity index (χ2v) is 8.55. The maximum atomic E-state index is 12.3. The Morgan fingerprint density at radius 3 is 2.52 bits per heavy atom. The molecule has 1 saturated heterocycles. The summed E-state index contributed by atoms with van der Waals surface area (Å²) >= 11 is 0. The summed E-state index contributed by atoms with van der Waals surface area (Å²) in [5, 5.41) is 3.12. The molecular formula is C14H27N3O3S. The number of nitrogens with one attached hydrogen (secondary N) is 2. The molecule has 0 aromatic heterocycles. The maximum Gasteiger partial charge on any atom is 0.317 e.